The summed E-state index contributed by atoms with van der Waals surface area (Å²) in [5.41, 5.74) is 2.74. The Bertz CT molecular complexity index is 1160. The SMILES string of the molecule is CN1C(=O)/C(=N\n2cnc3sc4c(c3c2=O)CCCC4)c2ccccc21. The number of rotatable bonds is 1. The molecule has 26 heavy (non-hydrogen) atoms. The fourth-order valence-electron chi connectivity index (χ4n) is 3.76. The Kier molecular flexibility index (Phi) is 3.33. The van der Waals surface area contributed by atoms with Crippen LogP contribution in [0.4, 0.5) is 5.69 Å². The number of hydrogen-bond acceptors (Lipinski definition) is 5. The summed E-state index contributed by atoms with van der Waals surface area (Å²) in [4.78, 5) is 33.7. The van der Waals surface area contributed by atoms with Gasteiger partial charge in [-0.25, -0.2) is 4.98 Å². The maximum atomic E-state index is 13.0. The second-order valence-electron chi connectivity index (χ2n) is 6.62. The van der Waals surface area contributed by atoms with E-state index in [4.69, 9.17) is 0 Å². The molecule has 1 aliphatic carbocycles. The number of para-hydroxylation sites is 1. The molecule has 5 rings (SSSR count). The van der Waals surface area contributed by atoms with Gasteiger partial charge in [-0.1, -0.05) is 18.2 Å². The number of aryl methyl sites for hydroxylation is 2. The summed E-state index contributed by atoms with van der Waals surface area (Å²) in [6.45, 7) is 0. The molecule has 3 aromatic rings. The second-order valence-corrected chi connectivity index (χ2v) is 7.70. The minimum atomic E-state index is -0.217. The van der Waals surface area contributed by atoms with Crippen LogP contribution in [-0.2, 0) is 17.6 Å². The molecule has 0 N–H and O–H groups in total. The Labute approximate surface area is 153 Å². The van der Waals surface area contributed by atoms with Gasteiger partial charge in [0.25, 0.3) is 11.5 Å². The lowest BCUT2D eigenvalue weighted by molar-refractivity contribution is -0.112. The number of likely N-dealkylation sites (N-methyl/N-ethyl adjacent to an activating group) is 1. The Morgan fingerprint density at radius 1 is 1.15 bits per heavy atom. The quantitative estimate of drug-likeness (QED) is 0.666. The average molecular weight is 364 g/mol. The number of aromatic nitrogens is 2. The summed E-state index contributed by atoms with van der Waals surface area (Å²) in [5, 5.41) is 5.05. The van der Waals surface area contributed by atoms with Crippen LogP contribution >= 0.6 is 11.3 Å². The summed E-state index contributed by atoms with van der Waals surface area (Å²) >= 11 is 1.61. The first-order chi connectivity index (χ1) is 12.6. The molecule has 1 amide bonds. The van der Waals surface area contributed by atoms with Crippen LogP contribution in [-0.4, -0.2) is 28.3 Å². The molecule has 0 unspecified atom stereocenters. The molecule has 2 aliphatic rings. The highest BCUT2D eigenvalue weighted by atomic mass is 32.1. The molecular formula is C19H16N4O2S. The van der Waals surface area contributed by atoms with Crippen molar-refractivity contribution in [3.05, 3.63) is 57.0 Å². The molecule has 0 atom stereocenters. The van der Waals surface area contributed by atoms with Gasteiger partial charge in [-0.15, -0.1) is 11.3 Å². The number of nitrogens with zero attached hydrogens (tertiary/aromatic N) is 4. The first-order valence-electron chi connectivity index (χ1n) is 8.63. The van der Waals surface area contributed by atoms with Gasteiger partial charge in [0.2, 0.25) is 0 Å². The molecule has 1 aromatic carbocycles. The third kappa shape index (κ3) is 2.10. The zero-order valence-corrected chi connectivity index (χ0v) is 15.0. The van der Waals surface area contributed by atoms with Crippen molar-refractivity contribution in [1.29, 1.82) is 0 Å². The molecule has 7 heteroatoms. The monoisotopic (exact) mass is 364 g/mol. The fraction of sp³-hybridized carbons (Fsp3) is 0.263. The van der Waals surface area contributed by atoms with Gasteiger partial charge in [-0.05, 0) is 37.3 Å². The van der Waals surface area contributed by atoms with E-state index in [0.717, 1.165) is 47.3 Å². The van der Waals surface area contributed by atoms with E-state index >= 15 is 0 Å². The number of anilines is 1. The number of amides is 1. The molecule has 0 fully saturated rings. The van der Waals surface area contributed by atoms with Gasteiger partial charge in [-0.3, -0.25) is 9.59 Å². The molecule has 0 bridgehead atoms. The van der Waals surface area contributed by atoms with Crippen LogP contribution in [0.1, 0.15) is 28.8 Å². The van der Waals surface area contributed by atoms with Crippen LogP contribution in [0.3, 0.4) is 0 Å². The van der Waals surface area contributed by atoms with E-state index in [-0.39, 0.29) is 17.2 Å². The van der Waals surface area contributed by atoms with Crippen LogP contribution in [0.5, 0.6) is 0 Å². The Balaban J connectivity index is 1.71. The molecule has 6 nitrogen and oxygen atoms in total. The molecular weight excluding hydrogens is 348 g/mol. The van der Waals surface area contributed by atoms with Gasteiger partial charge in [0.1, 0.15) is 11.2 Å². The summed E-state index contributed by atoms with van der Waals surface area (Å²) in [5.74, 6) is -0.217. The zero-order valence-electron chi connectivity index (χ0n) is 14.2. The van der Waals surface area contributed by atoms with Crippen molar-refractivity contribution in [3.8, 4) is 0 Å². The average Bonchev–Trinajstić information content (AvgIpc) is 3.16. The van der Waals surface area contributed by atoms with Crippen molar-refractivity contribution in [2.45, 2.75) is 25.7 Å². The molecule has 130 valence electrons. The van der Waals surface area contributed by atoms with E-state index in [9.17, 15) is 9.59 Å². The topological polar surface area (TPSA) is 67.6 Å². The zero-order chi connectivity index (χ0) is 17.8. The van der Waals surface area contributed by atoms with E-state index < -0.39 is 0 Å². The van der Waals surface area contributed by atoms with Crippen molar-refractivity contribution in [2.75, 3.05) is 11.9 Å². The Hall–Kier alpha value is -2.80. The second kappa shape index (κ2) is 5.60. The number of benzene rings is 1. The number of hydrogen-bond donors (Lipinski definition) is 0. The molecule has 0 saturated carbocycles. The third-order valence-corrected chi connectivity index (χ3v) is 6.29. The highest BCUT2D eigenvalue weighted by Crippen LogP contribution is 2.33. The smallest absolute Gasteiger partial charge is 0.282 e. The van der Waals surface area contributed by atoms with Crippen LogP contribution in [0, 0.1) is 0 Å². The van der Waals surface area contributed by atoms with Gasteiger partial charge in [0.15, 0.2) is 5.71 Å². The molecule has 0 radical (unpaired) electrons. The van der Waals surface area contributed by atoms with Gasteiger partial charge in [0.05, 0.1) is 11.1 Å². The summed E-state index contributed by atoms with van der Waals surface area (Å²) < 4.78 is 1.22. The minimum absolute atomic E-state index is 0.193. The highest BCUT2D eigenvalue weighted by molar-refractivity contribution is 7.18. The predicted molar refractivity (Wildman–Crippen MR) is 102 cm³/mol. The first-order valence-corrected chi connectivity index (χ1v) is 9.45. The number of thiophene rings is 1. The predicted octanol–water partition coefficient (Wildman–Crippen LogP) is 2.57. The number of fused-ring (bicyclic) bond motifs is 4. The van der Waals surface area contributed by atoms with E-state index in [1.54, 1.807) is 23.3 Å². The van der Waals surface area contributed by atoms with Crippen LogP contribution in [0.25, 0.3) is 10.2 Å². The lowest BCUT2D eigenvalue weighted by Crippen LogP contribution is -2.27. The van der Waals surface area contributed by atoms with Gasteiger partial charge < -0.3 is 4.90 Å². The van der Waals surface area contributed by atoms with Gasteiger partial charge >= 0.3 is 0 Å². The molecule has 2 aromatic heterocycles. The standard InChI is InChI=1S/C19H16N4O2S/c1-22-13-8-4-2-6-11(13)16(19(22)25)21-23-10-20-17-15(18(23)24)12-7-3-5-9-14(12)26-17/h2,4,6,8,10H,3,5,7,9H2,1H3/b21-16-. The Morgan fingerprint density at radius 3 is 2.85 bits per heavy atom. The molecule has 3 heterocycles. The van der Waals surface area contributed by atoms with Crippen LogP contribution in [0.2, 0.25) is 0 Å². The largest absolute Gasteiger partial charge is 0.309 e. The fourth-order valence-corrected chi connectivity index (χ4v) is 4.98. The van der Waals surface area contributed by atoms with Crippen molar-refractivity contribution >= 4 is 38.9 Å². The van der Waals surface area contributed by atoms with Crippen molar-refractivity contribution in [2.24, 2.45) is 5.10 Å². The first kappa shape index (κ1) is 15.5. The van der Waals surface area contributed by atoms with E-state index in [0.29, 0.717) is 5.39 Å². The van der Waals surface area contributed by atoms with E-state index in [2.05, 4.69) is 10.1 Å². The molecule has 1 aliphatic heterocycles. The third-order valence-electron chi connectivity index (χ3n) is 5.09. The summed E-state index contributed by atoms with van der Waals surface area (Å²) in [7, 11) is 1.71. The molecule has 0 spiro atoms. The maximum absolute atomic E-state index is 13.0. The highest BCUT2D eigenvalue weighted by Gasteiger charge is 2.31. The lowest BCUT2D eigenvalue weighted by Gasteiger charge is -2.09. The van der Waals surface area contributed by atoms with E-state index in [1.165, 1.54) is 15.9 Å². The van der Waals surface area contributed by atoms with Gasteiger partial charge in [0, 0.05) is 17.5 Å². The van der Waals surface area contributed by atoms with Crippen molar-refractivity contribution < 1.29 is 4.79 Å². The summed E-state index contributed by atoms with van der Waals surface area (Å²) in [6.07, 6.45) is 5.61. The Morgan fingerprint density at radius 2 is 1.96 bits per heavy atom. The minimum Gasteiger partial charge on any atom is -0.309 e. The van der Waals surface area contributed by atoms with E-state index in [1.807, 2.05) is 24.3 Å². The van der Waals surface area contributed by atoms with Crippen LogP contribution < -0.4 is 10.5 Å². The summed E-state index contributed by atoms with van der Waals surface area (Å²) in [6, 6.07) is 7.46. The van der Waals surface area contributed by atoms with Crippen molar-refractivity contribution in [1.82, 2.24) is 9.66 Å². The van der Waals surface area contributed by atoms with Gasteiger partial charge in [-0.2, -0.15) is 9.78 Å². The number of carbonyl (C=O) groups is 1. The molecule has 0 saturated heterocycles. The normalized spacial score (nSPS) is 17.8. The maximum Gasteiger partial charge on any atom is 0.282 e. The van der Waals surface area contributed by atoms with Crippen molar-refractivity contribution in [3.63, 3.8) is 0 Å². The number of carbonyl (C=O) groups excluding carboxylic acids is 1. The van der Waals surface area contributed by atoms with Crippen LogP contribution in [0.15, 0.2) is 40.5 Å². The lowest BCUT2D eigenvalue weighted by atomic mass is 9.97.